The lowest BCUT2D eigenvalue weighted by molar-refractivity contribution is -0.139. The zero-order valence-corrected chi connectivity index (χ0v) is 10.9. The number of rotatable bonds is 1. The smallest absolute Gasteiger partial charge is 0.386 e. The highest BCUT2D eigenvalue weighted by molar-refractivity contribution is 7.95. The number of aliphatic hydroxyl groups is 1. The second-order valence-corrected chi connectivity index (χ2v) is 6.55. The summed E-state index contributed by atoms with van der Waals surface area (Å²) in [6, 6.07) is 3.11. The van der Waals surface area contributed by atoms with Gasteiger partial charge in [-0.25, -0.2) is 8.42 Å². The molecule has 0 aromatic heterocycles. The van der Waals surface area contributed by atoms with Gasteiger partial charge in [0.05, 0.1) is 16.1 Å². The third-order valence-electron chi connectivity index (χ3n) is 2.83. The molecule has 1 aliphatic rings. The first-order valence-corrected chi connectivity index (χ1v) is 6.89. The number of sulfone groups is 1. The van der Waals surface area contributed by atoms with Crippen LogP contribution in [0.2, 0.25) is 0 Å². The van der Waals surface area contributed by atoms with Gasteiger partial charge in [0.25, 0.3) is 0 Å². The Kier molecular flexibility index (Phi) is 2.84. The summed E-state index contributed by atoms with van der Waals surface area (Å²) >= 11 is 0. The molecule has 0 spiro atoms. The molecule has 0 bridgehead atoms. The molecule has 0 amide bonds. The number of alkyl halides is 3. The zero-order valence-electron chi connectivity index (χ0n) is 10.1. The first kappa shape index (κ1) is 14.1. The molecular formula is C12H11F3O3S. The molecule has 7 heteroatoms. The molecular weight excluding hydrogens is 281 g/mol. The van der Waals surface area contributed by atoms with Gasteiger partial charge in [-0.3, -0.25) is 0 Å². The summed E-state index contributed by atoms with van der Waals surface area (Å²) in [5.74, 6) is 0. The topological polar surface area (TPSA) is 54.4 Å². The average Bonchev–Trinajstić information content (AvgIpc) is 2.49. The van der Waals surface area contributed by atoms with E-state index in [4.69, 9.17) is 0 Å². The number of benzene rings is 1. The Bertz CT molecular complexity index is 664. The lowest BCUT2D eigenvalue weighted by Gasteiger charge is -2.20. The summed E-state index contributed by atoms with van der Waals surface area (Å²) in [7, 11) is -4.19. The highest BCUT2D eigenvalue weighted by atomic mass is 32.2. The van der Waals surface area contributed by atoms with Crippen LogP contribution >= 0.6 is 0 Å². The largest absolute Gasteiger partial charge is 0.417 e. The van der Waals surface area contributed by atoms with Crippen molar-refractivity contribution >= 4 is 15.4 Å². The van der Waals surface area contributed by atoms with Gasteiger partial charge >= 0.3 is 6.18 Å². The number of hydrogen-bond donors (Lipinski definition) is 1. The average molecular weight is 292 g/mol. The van der Waals surface area contributed by atoms with Crippen molar-refractivity contribution in [2.45, 2.75) is 30.5 Å². The highest BCUT2D eigenvalue weighted by Crippen LogP contribution is 2.45. The standard InChI is InChI=1S/C12H11F3O3S/c1-11(2,16)9-6-19(17,18)10-7(9)4-3-5-8(10)12(13,14)15/h3-6,16H,1-2H3. The molecule has 0 aliphatic carbocycles. The van der Waals surface area contributed by atoms with Crippen molar-refractivity contribution in [2.75, 3.05) is 0 Å². The second kappa shape index (κ2) is 3.83. The first-order chi connectivity index (χ1) is 8.44. The molecule has 1 aromatic rings. The minimum Gasteiger partial charge on any atom is -0.386 e. The fraction of sp³-hybridized carbons (Fsp3) is 0.333. The van der Waals surface area contributed by atoms with Crippen LogP contribution < -0.4 is 0 Å². The molecule has 0 saturated heterocycles. The Hall–Kier alpha value is -1.34. The van der Waals surface area contributed by atoms with Gasteiger partial charge in [0.15, 0.2) is 0 Å². The van der Waals surface area contributed by atoms with Gasteiger partial charge in [0.1, 0.15) is 0 Å². The molecule has 1 N–H and O–H groups in total. The van der Waals surface area contributed by atoms with Crippen LogP contribution in [0.25, 0.3) is 5.57 Å². The molecule has 0 fully saturated rings. The van der Waals surface area contributed by atoms with E-state index in [-0.39, 0.29) is 11.1 Å². The highest BCUT2D eigenvalue weighted by Gasteiger charge is 2.43. The van der Waals surface area contributed by atoms with Crippen molar-refractivity contribution in [1.82, 2.24) is 0 Å². The Morgan fingerprint density at radius 3 is 2.21 bits per heavy atom. The van der Waals surface area contributed by atoms with Gasteiger partial charge in [-0.05, 0) is 19.9 Å². The molecule has 0 saturated carbocycles. The van der Waals surface area contributed by atoms with Gasteiger partial charge in [0, 0.05) is 16.5 Å². The minimum atomic E-state index is -4.76. The van der Waals surface area contributed by atoms with Crippen LogP contribution in [-0.2, 0) is 16.0 Å². The monoisotopic (exact) mass is 292 g/mol. The summed E-state index contributed by atoms with van der Waals surface area (Å²) in [5.41, 5.74) is -2.88. The van der Waals surface area contributed by atoms with Crippen molar-refractivity contribution < 1.29 is 26.7 Å². The molecule has 19 heavy (non-hydrogen) atoms. The normalized spacial score (nSPS) is 18.1. The molecule has 0 radical (unpaired) electrons. The summed E-state index contributed by atoms with van der Waals surface area (Å²) in [4.78, 5) is -0.778. The minimum absolute atomic E-state index is 0.0337. The van der Waals surface area contributed by atoms with E-state index in [2.05, 4.69) is 0 Å². The van der Waals surface area contributed by atoms with Gasteiger partial charge in [-0.15, -0.1) is 0 Å². The van der Waals surface area contributed by atoms with Crippen LogP contribution in [0.15, 0.2) is 28.5 Å². The molecule has 1 aromatic carbocycles. The maximum absolute atomic E-state index is 12.9. The molecule has 3 nitrogen and oxygen atoms in total. The predicted octanol–water partition coefficient (Wildman–Crippen LogP) is 2.60. The zero-order chi connectivity index (χ0) is 14.6. The maximum atomic E-state index is 12.9. The van der Waals surface area contributed by atoms with E-state index in [9.17, 15) is 26.7 Å². The van der Waals surface area contributed by atoms with Gasteiger partial charge in [-0.1, -0.05) is 12.1 Å². The van der Waals surface area contributed by atoms with Crippen LogP contribution in [0.3, 0.4) is 0 Å². The summed E-state index contributed by atoms with van der Waals surface area (Å²) in [6.45, 7) is 2.65. The number of hydrogen-bond acceptors (Lipinski definition) is 3. The number of fused-ring (bicyclic) bond motifs is 1. The Morgan fingerprint density at radius 2 is 1.74 bits per heavy atom. The van der Waals surface area contributed by atoms with E-state index in [1.165, 1.54) is 19.9 Å². The van der Waals surface area contributed by atoms with E-state index in [1.54, 1.807) is 0 Å². The van der Waals surface area contributed by atoms with Crippen LogP contribution in [0.1, 0.15) is 25.0 Å². The summed E-state index contributed by atoms with van der Waals surface area (Å²) < 4.78 is 62.4. The quantitative estimate of drug-likeness (QED) is 0.865. The van der Waals surface area contributed by atoms with E-state index in [0.717, 1.165) is 12.1 Å². The molecule has 2 rings (SSSR count). The van der Waals surface area contributed by atoms with Crippen LogP contribution in [-0.4, -0.2) is 19.1 Å². The van der Waals surface area contributed by atoms with Gasteiger partial charge in [-0.2, -0.15) is 13.2 Å². The molecule has 1 aliphatic heterocycles. The number of halogens is 3. The van der Waals surface area contributed by atoms with Gasteiger partial charge in [0.2, 0.25) is 9.84 Å². The summed E-state index contributed by atoms with van der Waals surface area (Å²) in [5, 5.41) is 10.6. The Balaban J connectivity index is 2.82. The van der Waals surface area contributed by atoms with E-state index in [0.29, 0.717) is 5.41 Å². The predicted molar refractivity (Wildman–Crippen MR) is 62.9 cm³/mol. The maximum Gasteiger partial charge on any atom is 0.417 e. The van der Waals surface area contributed by atoms with E-state index < -0.39 is 32.1 Å². The lowest BCUT2D eigenvalue weighted by Crippen LogP contribution is -2.20. The molecule has 0 atom stereocenters. The summed E-state index contributed by atoms with van der Waals surface area (Å²) in [6.07, 6.45) is -4.76. The fourth-order valence-corrected chi connectivity index (χ4v) is 3.85. The Morgan fingerprint density at radius 1 is 1.16 bits per heavy atom. The van der Waals surface area contributed by atoms with Crippen molar-refractivity contribution in [3.63, 3.8) is 0 Å². The second-order valence-electron chi connectivity index (χ2n) is 4.82. The first-order valence-electron chi connectivity index (χ1n) is 5.35. The van der Waals surface area contributed by atoms with Crippen LogP contribution in [0, 0.1) is 0 Å². The van der Waals surface area contributed by atoms with Crippen molar-refractivity contribution in [3.8, 4) is 0 Å². The van der Waals surface area contributed by atoms with E-state index in [1.807, 2.05) is 0 Å². The van der Waals surface area contributed by atoms with Crippen LogP contribution in [0.5, 0.6) is 0 Å². The molecule has 0 unspecified atom stereocenters. The third-order valence-corrected chi connectivity index (χ3v) is 4.38. The lowest BCUT2D eigenvalue weighted by atomic mass is 9.92. The van der Waals surface area contributed by atoms with Crippen molar-refractivity contribution in [1.29, 1.82) is 0 Å². The molecule has 104 valence electrons. The van der Waals surface area contributed by atoms with E-state index >= 15 is 0 Å². The third kappa shape index (κ3) is 2.28. The fourth-order valence-electron chi connectivity index (χ4n) is 2.03. The van der Waals surface area contributed by atoms with Crippen LogP contribution in [0.4, 0.5) is 13.2 Å². The SMILES string of the molecule is CC(C)(O)C1=CS(=O)(=O)c2c1cccc2C(F)(F)F. The Labute approximate surface area is 108 Å². The van der Waals surface area contributed by atoms with Crippen molar-refractivity contribution in [3.05, 3.63) is 34.7 Å². The van der Waals surface area contributed by atoms with Crippen molar-refractivity contribution in [2.24, 2.45) is 0 Å². The molecule has 1 heterocycles. The van der Waals surface area contributed by atoms with Gasteiger partial charge < -0.3 is 5.11 Å².